The summed E-state index contributed by atoms with van der Waals surface area (Å²) in [5.74, 6) is 6.40. The zero-order valence-electron chi connectivity index (χ0n) is 11.9. The van der Waals surface area contributed by atoms with E-state index in [1.54, 1.807) is 11.8 Å². The van der Waals surface area contributed by atoms with Crippen LogP contribution in [-0.4, -0.2) is 6.26 Å². The normalized spacial score (nSPS) is 11.6. The second-order valence-corrected chi connectivity index (χ2v) is 5.50. The largest absolute Gasteiger partial charge is 0.324 e. The Morgan fingerprint density at radius 1 is 1.05 bits per heavy atom. The molecule has 0 saturated heterocycles. The van der Waals surface area contributed by atoms with Crippen molar-refractivity contribution in [3.63, 3.8) is 0 Å². The molecule has 0 amide bonds. The quantitative estimate of drug-likeness (QED) is 0.673. The van der Waals surface area contributed by atoms with Crippen LogP contribution in [0.1, 0.15) is 36.1 Å². The number of benzene rings is 2. The van der Waals surface area contributed by atoms with Gasteiger partial charge in [0.25, 0.3) is 0 Å². The monoisotopic (exact) mass is 281 g/mol. The van der Waals surface area contributed by atoms with E-state index in [0.717, 1.165) is 23.1 Å². The van der Waals surface area contributed by atoms with Gasteiger partial charge >= 0.3 is 0 Å². The summed E-state index contributed by atoms with van der Waals surface area (Å²) in [6.07, 6.45) is 3.01. The molecule has 0 aliphatic heterocycles. The molecule has 0 aliphatic carbocycles. The molecule has 0 aliphatic rings. The van der Waals surface area contributed by atoms with Crippen molar-refractivity contribution in [2.75, 3.05) is 6.26 Å². The van der Waals surface area contributed by atoms with Gasteiger partial charge in [-0.3, -0.25) is 0 Å². The van der Waals surface area contributed by atoms with Crippen LogP contribution in [0, 0.1) is 11.8 Å². The van der Waals surface area contributed by atoms with Gasteiger partial charge in [0, 0.05) is 22.1 Å². The summed E-state index contributed by atoms with van der Waals surface area (Å²) >= 11 is 1.74. The highest BCUT2D eigenvalue weighted by Crippen LogP contribution is 2.16. The predicted octanol–water partition coefficient (Wildman–Crippen LogP) is 4.22. The van der Waals surface area contributed by atoms with Crippen molar-refractivity contribution < 1.29 is 0 Å². The Morgan fingerprint density at radius 3 is 2.40 bits per heavy atom. The maximum absolute atomic E-state index is 6.05. The first-order valence-corrected chi connectivity index (χ1v) is 7.97. The first kappa shape index (κ1) is 14.7. The van der Waals surface area contributed by atoms with E-state index in [1.807, 2.05) is 12.1 Å². The van der Waals surface area contributed by atoms with E-state index in [9.17, 15) is 0 Å². The van der Waals surface area contributed by atoms with Gasteiger partial charge in [0.1, 0.15) is 0 Å². The van der Waals surface area contributed by atoms with E-state index in [-0.39, 0.29) is 6.04 Å². The van der Waals surface area contributed by atoms with Crippen LogP contribution in [0.3, 0.4) is 0 Å². The van der Waals surface area contributed by atoms with Gasteiger partial charge in [0.2, 0.25) is 0 Å². The number of thioether (sulfide) groups is 1. The highest BCUT2D eigenvalue weighted by Gasteiger charge is 2.02. The van der Waals surface area contributed by atoms with Crippen molar-refractivity contribution in [3.05, 3.63) is 65.2 Å². The average molecular weight is 281 g/mol. The molecule has 0 saturated carbocycles. The van der Waals surface area contributed by atoms with Crippen molar-refractivity contribution in [1.82, 2.24) is 0 Å². The Bertz CT molecular complexity index is 620. The third-order valence-electron chi connectivity index (χ3n) is 3.20. The molecule has 0 aromatic heterocycles. The van der Waals surface area contributed by atoms with E-state index in [4.69, 9.17) is 5.73 Å². The van der Waals surface area contributed by atoms with Crippen LogP contribution in [0.25, 0.3) is 0 Å². The fourth-order valence-electron chi connectivity index (χ4n) is 1.90. The Morgan fingerprint density at radius 2 is 1.75 bits per heavy atom. The molecular weight excluding hydrogens is 262 g/mol. The molecule has 2 N–H and O–H groups in total. The Balaban J connectivity index is 2.19. The van der Waals surface area contributed by atoms with Gasteiger partial charge in [-0.15, -0.1) is 11.8 Å². The molecule has 0 spiro atoms. The zero-order valence-corrected chi connectivity index (χ0v) is 12.7. The predicted molar refractivity (Wildman–Crippen MR) is 87.9 cm³/mol. The Hall–Kier alpha value is -1.69. The molecule has 0 radical (unpaired) electrons. The number of nitrogens with two attached hydrogens (primary N) is 1. The lowest BCUT2D eigenvalue weighted by Crippen LogP contribution is -2.08. The van der Waals surface area contributed by atoms with Crippen molar-refractivity contribution >= 4 is 11.8 Å². The van der Waals surface area contributed by atoms with Crippen LogP contribution in [0.5, 0.6) is 0 Å². The summed E-state index contributed by atoms with van der Waals surface area (Å²) in [4.78, 5) is 1.26. The van der Waals surface area contributed by atoms with Crippen LogP contribution in [0.15, 0.2) is 53.4 Å². The zero-order chi connectivity index (χ0) is 14.4. The van der Waals surface area contributed by atoms with Gasteiger partial charge in [0.15, 0.2) is 0 Å². The topological polar surface area (TPSA) is 26.0 Å². The van der Waals surface area contributed by atoms with Crippen molar-refractivity contribution in [1.29, 1.82) is 0 Å². The van der Waals surface area contributed by atoms with E-state index >= 15 is 0 Å². The second kappa shape index (κ2) is 7.19. The summed E-state index contributed by atoms with van der Waals surface area (Å²) in [6.45, 7) is 2.09. The van der Waals surface area contributed by atoms with Crippen molar-refractivity contribution in [3.8, 4) is 11.8 Å². The molecule has 0 bridgehead atoms. The molecule has 1 atom stereocenters. The van der Waals surface area contributed by atoms with E-state index in [0.29, 0.717) is 0 Å². The summed E-state index contributed by atoms with van der Waals surface area (Å²) in [5, 5.41) is 0. The maximum atomic E-state index is 6.05. The lowest BCUT2D eigenvalue weighted by molar-refractivity contribution is 0.698. The Labute approximate surface area is 125 Å². The number of hydrogen-bond donors (Lipinski definition) is 1. The molecule has 2 rings (SSSR count). The summed E-state index contributed by atoms with van der Waals surface area (Å²) in [6, 6.07) is 16.6. The molecule has 2 aromatic rings. The lowest BCUT2D eigenvalue weighted by Gasteiger charge is -2.08. The molecule has 0 heterocycles. The first-order valence-electron chi connectivity index (χ1n) is 6.74. The average Bonchev–Trinajstić information content (AvgIpc) is 2.53. The van der Waals surface area contributed by atoms with E-state index < -0.39 is 0 Å². The van der Waals surface area contributed by atoms with E-state index in [2.05, 4.69) is 61.4 Å². The fraction of sp³-hybridized carbons (Fsp3) is 0.222. The van der Waals surface area contributed by atoms with Gasteiger partial charge in [-0.05, 0) is 54.6 Å². The van der Waals surface area contributed by atoms with Crippen LogP contribution in [0.4, 0.5) is 0 Å². The standard InChI is InChI=1S/C18H19NS/c1-3-18(19)16-6-4-5-15(13-16)8-7-14-9-11-17(20-2)12-10-14/h4-6,9-13,18H,3,19H2,1-2H3. The highest BCUT2D eigenvalue weighted by molar-refractivity contribution is 7.98. The SMILES string of the molecule is CCC(N)c1cccc(C#Cc2ccc(SC)cc2)c1. The van der Waals surface area contributed by atoms with Gasteiger partial charge in [-0.1, -0.05) is 30.9 Å². The van der Waals surface area contributed by atoms with Gasteiger partial charge in [-0.25, -0.2) is 0 Å². The van der Waals surface area contributed by atoms with E-state index in [1.165, 1.54) is 4.90 Å². The molecule has 1 nitrogen and oxygen atoms in total. The summed E-state index contributed by atoms with van der Waals surface area (Å²) in [7, 11) is 0. The fourth-order valence-corrected chi connectivity index (χ4v) is 2.31. The molecule has 2 aromatic carbocycles. The molecule has 20 heavy (non-hydrogen) atoms. The van der Waals surface area contributed by atoms with Crippen molar-refractivity contribution in [2.45, 2.75) is 24.3 Å². The van der Waals surface area contributed by atoms with Gasteiger partial charge < -0.3 is 5.73 Å². The second-order valence-electron chi connectivity index (χ2n) is 4.62. The molecular formula is C18H19NS. The lowest BCUT2D eigenvalue weighted by atomic mass is 10.0. The Kier molecular flexibility index (Phi) is 5.29. The highest BCUT2D eigenvalue weighted by atomic mass is 32.2. The smallest absolute Gasteiger partial charge is 0.0292 e. The minimum Gasteiger partial charge on any atom is -0.324 e. The molecule has 0 fully saturated rings. The molecule has 2 heteroatoms. The summed E-state index contributed by atoms with van der Waals surface area (Å²) in [5.41, 5.74) is 9.25. The first-order chi connectivity index (χ1) is 9.72. The number of hydrogen-bond acceptors (Lipinski definition) is 2. The van der Waals surface area contributed by atoms with Crippen LogP contribution in [0.2, 0.25) is 0 Å². The van der Waals surface area contributed by atoms with Gasteiger partial charge in [0.05, 0.1) is 0 Å². The summed E-state index contributed by atoms with van der Waals surface area (Å²) < 4.78 is 0. The third kappa shape index (κ3) is 3.90. The number of rotatable bonds is 3. The van der Waals surface area contributed by atoms with Crippen LogP contribution >= 0.6 is 11.8 Å². The van der Waals surface area contributed by atoms with Crippen LogP contribution < -0.4 is 5.73 Å². The maximum Gasteiger partial charge on any atom is 0.0292 e. The molecule has 1 unspecified atom stereocenters. The van der Waals surface area contributed by atoms with Crippen molar-refractivity contribution in [2.24, 2.45) is 5.73 Å². The van der Waals surface area contributed by atoms with Gasteiger partial charge in [-0.2, -0.15) is 0 Å². The molecule has 102 valence electrons. The van der Waals surface area contributed by atoms with Crippen LogP contribution in [-0.2, 0) is 0 Å². The third-order valence-corrected chi connectivity index (χ3v) is 3.94. The minimum absolute atomic E-state index is 0.0950. The minimum atomic E-state index is 0.0950.